The zero-order chi connectivity index (χ0) is 5.54. The van der Waals surface area contributed by atoms with Gasteiger partial charge in [-0.25, -0.2) is 0 Å². The normalized spacial score (nSPS) is 7.00. The SMILES string of the molecule is C=CCOCC=C.[Li]. The second kappa shape index (κ2) is 10.1. The Morgan fingerprint density at radius 1 is 1.12 bits per heavy atom. The van der Waals surface area contributed by atoms with E-state index in [1.54, 1.807) is 12.2 Å². The van der Waals surface area contributed by atoms with E-state index in [-0.39, 0.29) is 18.9 Å². The summed E-state index contributed by atoms with van der Waals surface area (Å²) < 4.78 is 4.90. The van der Waals surface area contributed by atoms with Gasteiger partial charge in [-0.1, -0.05) is 12.2 Å². The quantitative estimate of drug-likeness (QED) is 0.294. The first-order valence-corrected chi connectivity index (χ1v) is 2.21. The molecule has 41 valence electrons. The van der Waals surface area contributed by atoms with E-state index < -0.39 is 0 Å². The second-order valence-corrected chi connectivity index (χ2v) is 1.11. The summed E-state index contributed by atoms with van der Waals surface area (Å²) in [4.78, 5) is 0. The summed E-state index contributed by atoms with van der Waals surface area (Å²) in [6.45, 7) is 8.18. The molecule has 0 aliphatic carbocycles. The number of hydrogen-bond acceptors (Lipinski definition) is 1. The van der Waals surface area contributed by atoms with Gasteiger partial charge >= 0.3 is 0 Å². The average molecular weight is 105 g/mol. The molecule has 0 aliphatic heterocycles. The standard InChI is InChI=1S/C6H10O.Li/c1-3-5-7-6-4-2;/h3-4H,1-2,5-6H2;. The summed E-state index contributed by atoms with van der Waals surface area (Å²) in [6.07, 6.45) is 3.42. The zero-order valence-electron chi connectivity index (χ0n) is 5.39. The first kappa shape index (κ1) is 10.9. The first-order chi connectivity index (χ1) is 3.41. The van der Waals surface area contributed by atoms with Crippen molar-refractivity contribution < 1.29 is 4.74 Å². The van der Waals surface area contributed by atoms with Crippen molar-refractivity contribution in [2.75, 3.05) is 13.2 Å². The molecule has 0 saturated heterocycles. The maximum atomic E-state index is 4.90. The summed E-state index contributed by atoms with van der Waals surface area (Å²) in [6, 6.07) is 0. The Balaban J connectivity index is 0. The first-order valence-electron chi connectivity index (χ1n) is 2.21. The monoisotopic (exact) mass is 105 g/mol. The molecule has 0 aromatic carbocycles. The average Bonchev–Trinajstić information content (AvgIpc) is 1.69. The van der Waals surface area contributed by atoms with Crippen molar-refractivity contribution in [2.45, 2.75) is 0 Å². The zero-order valence-corrected chi connectivity index (χ0v) is 5.39. The van der Waals surface area contributed by atoms with Crippen LogP contribution in [-0.4, -0.2) is 32.1 Å². The van der Waals surface area contributed by atoms with Crippen LogP contribution in [-0.2, 0) is 4.74 Å². The number of rotatable bonds is 4. The van der Waals surface area contributed by atoms with Crippen LogP contribution in [0.4, 0.5) is 0 Å². The van der Waals surface area contributed by atoms with E-state index in [0.717, 1.165) is 0 Å². The summed E-state index contributed by atoms with van der Waals surface area (Å²) in [5.74, 6) is 0. The molecule has 0 spiro atoms. The molecule has 2 heteroatoms. The fourth-order valence-electron chi connectivity index (χ4n) is 0.235. The number of ether oxygens (including phenoxy) is 1. The van der Waals surface area contributed by atoms with Crippen LogP contribution in [0.5, 0.6) is 0 Å². The summed E-state index contributed by atoms with van der Waals surface area (Å²) in [5, 5.41) is 0. The molecular weight excluding hydrogens is 95.0 g/mol. The predicted molar refractivity (Wildman–Crippen MR) is 37.0 cm³/mol. The van der Waals surface area contributed by atoms with Crippen molar-refractivity contribution in [3.63, 3.8) is 0 Å². The van der Waals surface area contributed by atoms with Crippen LogP contribution in [0.3, 0.4) is 0 Å². The molecule has 0 fully saturated rings. The minimum atomic E-state index is 0. The Morgan fingerprint density at radius 3 is 1.75 bits per heavy atom. The van der Waals surface area contributed by atoms with E-state index in [1.165, 1.54) is 0 Å². The molecule has 0 rings (SSSR count). The third-order valence-electron chi connectivity index (χ3n) is 0.471. The maximum Gasteiger partial charge on any atom is 0.0649 e. The molecule has 0 N–H and O–H groups in total. The van der Waals surface area contributed by atoms with Crippen LogP contribution >= 0.6 is 0 Å². The molecule has 0 heterocycles. The van der Waals surface area contributed by atoms with E-state index in [0.29, 0.717) is 13.2 Å². The smallest absolute Gasteiger partial charge is 0.0649 e. The van der Waals surface area contributed by atoms with Gasteiger partial charge in [-0.2, -0.15) is 0 Å². The van der Waals surface area contributed by atoms with Crippen LogP contribution in [0.25, 0.3) is 0 Å². The molecule has 0 aromatic heterocycles. The van der Waals surface area contributed by atoms with Crippen LogP contribution < -0.4 is 0 Å². The Labute approximate surface area is 62.6 Å². The molecule has 0 unspecified atom stereocenters. The minimum absolute atomic E-state index is 0. The van der Waals surface area contributed by atoms with Gasteiger partial charge in [0.15, 0.2) is 0 Å². The van der Waals surface area contributed by atoms with Crippen molar-refractivity contribution in [1.29, 1.82) is 0 Å². The summed E-state index contributed by atoms with van der Waals surface area (Å²) in [5.41, 5.74) is 0. The van der Waals surface area contributed by atoms with Gasteiger partial charge in [0.2, 0.25) is 0 Å². The summed E-state index contributed by atoms with van der Waals surface area (Å²) in [7, 11) is 0. The van der Waals surface area contributed by atoms with E-state index in [1.807, 2.05) is 0 Å². The van der Waals surface area contributed by atoms with E-state index in [2.05, 4.69) is 13.2 Å². The Kier molecular flexibility index (Phi) is 13.8. The maximum absolute atomic E-state index is 4.90. The van der Waals surface area contributed by atoms with Gasteiger partial charge in [0.1, 0.15) is 0 Å². The van der Waals surface area contributed by atoms with Gasteiger partial charge in [-0.05, 0) is 0 Å². The third kappa shape index (κ3) is 9.40. The van der Waals surface area contributed by atoms with Crippen molar-refractivity contribution in [2.24, 2.45) is 0 Å². The molecule has 0 amide bonds. The Morgan fingerprint density at radius 2 is 1.50 bits per heavy atom. The molecule has 0 aliphatic rings. The summed E-state index contributed by atoms with van der Waals surface area (Å²) >= 11 is 0. The second-order valence-electron chi connectivity index (χ2n) is 1.11. The minimum Gasteiger partial charge on any atom is -0.373 e. The third-order valence-corrected chi connectivity index (χ3v) is 0.471. The molecule has 0 bridgehead atoms. The van der Waals surface area contributed by atoms with E-state index in [4.69, 9.17) is 4.74 Å². The molecule has 0 aromatic rings. The van der Waals surface area contributed by atoms with Gasteiger partial charge in [-0.15, -0.1) is 13.2 Å². The van der Waals surface area contributed by atoms with Crippen LogP contribution in [0, 0.1) is 0 Å². The van der Waals surface area contributed by atoms with Crippen molar-refractivity contribution in [1.82, 2.24) is 0 Å². The Hall–Kier alpha value is 0.0374. The van der Waals surface area contributed by atoms with Gasteiger partial charge in [0.05, 0.1) is 13.2 Å². The topological polar surface area (TPSA) is 9.23 Å². The van der Waals surface area contributed by atoms with Crippen LogP contribution in [0.2, 0.25) is 0 Å². The largest absolute Gasteiger partial charge is 0.373 e. The van der Waals surface area contributed by atoms with E-state index >= 15 is 0 Å². The van der Waals surface area contributed by atoms with Gasteiger partial charge in [0.25, 0.3) is 0 Å². The van der Waals surface area contributed by atoms with Crippen LogP contribution in [0.15, 0.2) is 25.3 Å². The Bertz CT molecular complexity index is 53.5. The fraction of sp³-hybridized carbons (Fsp3) is 0.333. The molecule has 0 saturated carbocycles. The van der Waals surface area contributed by atoms with Crippen LogP contribution in [0.1, 0.15) is 0 Å². The van der Waals surface area contributed by atoms with Gasteiger partial charge < -0.3 is 4.74 Å². The number of hydrogen-bond donors (Lipinski definition) is 0. The molecule has 8 heavy (non-hydrogen) atoms. The molecular formula is C6H10LiO. The van der Waals surface area contributed by atoms with E-state index in [9.17, 15) is 0 Å². The predicted octanol–water partition coefficient (Wildman–Crippen LogP) is 0.994. The van der Waals surface area contributed by atoms with Crippen molar-refractivity contribution >= 4 is 18.9 Å². The molecule has 1 radical (unpaired) electrons. The van der Waals surface area contributed by atoms with Crippen molar-refractivity contribution in [3.8, 4) is 0 Å². The van der Waals surface area contributed by atoms with Crippen molar-refractivity contribution in [3.05, 3.63) is 25.3 Å². The van der Waals surface area contributed by atoms with Gasteiger partial charge in [0, 0.05) is 18.9 Å². The fourth-order valence-corrected chi connectivity index (χ4v) is 0.235. The molecule has 0 atom stereocenters. The molecule has 1 nitrogen and oxygen atoms in total. The van der Waals surface area contributed by atoms with Gasteiger partial charge in [-0.3, -0.25) is 0 Å².